The topological polar surface area (TPSA) is 97.1 Å². The van der Waals surface area contributed by atoms with Crippen LogP contribution in [-0.2, 0) is 11.2 Å². The first kappa shape index (κ1) is 19.3. The standard InChI is InChI=1S/C23H20N4O3/c1-15(28)25-20(13-16-7-3-2-4-8-16)23-27-21(14-30-23)22(29)26-19-11-5-10-18-17(19)9-6-12-24-18/h2-12,14,20H,13H2,1H3,(H,25,28)(H,26,29)/t20-/m1/s1. The molecule has 2 amide bonds. The summed E-state index contributed by atoms with van der Waals surface area (Å²) in [7, 11) is 0. The molecular formula is C23H20N4O3. The highest BCUT2D eigenvalue weighted by Gasteiger charge is 2.22. The van der Waals surface area contributed by atoms with Crippen molar-refractivity contribution >= 4 is 28.4 Å². The van der Waals surface area contributed by atoms with Gasteiger partial charge in [-0.3, -0.25) is 14.6 Å². The van der Waals surface area contributed by atoms with Gasteiger partial charge in [-0.05, 0) is 29.8 Å². The van der Waals surface area contributed by atoms with Crippen molar-refractivity contribution in [3.05, 3.63) is 90.3 Å². The lowest BCUT2D eigenvalue weighted by Gasteiger charge is -2.14. The number of amides is 2. The molecule has 0 saturated heterocycles. The summed E-state index contributed by atoms with van der Waals surface area (Å²) in [4.78, 5) is 33.0. The van der Waals surface area contributed by atoms with Crippen molar-refractivity contribution in [2.75, 3.05) is 5.32 Å². The Morgan fingerprint density at radius 2 is 1.87 bits per heavy atom. The summed E-state index contributed by atoms with van der Waals surface area (Å²) < 4.78 is 5.55. The van der Waals surface area contributed by atoms with Crippen molar-refractivity contribution in [3.63, 3.8) is 0 Å². The van der Waals surface area contributed by atoms with E-state index in [1.165, 1.54) is 13.2 Å². The molecular weight excluding hydrogens is 380 g/mol. The summed E-state index contributed by atoms with van der Waals surface area (Å²) in [6, 6.07) is 18.4. The maximum absolute atomic E-state index is 12.7. The van der Waals surface area contributed by atoms with Gasteiger partial charge >= 0.3 is 0 Å². The van der Waals surface area contributed by atoms with E-state index in [1.807, 2.05) is 54.6 Å². The molecule has 30 heavy (non-hydrogen) atoms. The Kier molecular flexibility index (Phi) is 5.52. The zero-order chi connectivity index (χ0) is 20.9. The van der Waals surface area contributed by atoms with E-state index in [4.69, 9.17) is 4.42 Å². The van der Waals surface area contributed by atoms with Crippen LogP contribution in [0.3, 0.4) is 0 Å². The van der Waals surface area contributed by atoms with E-state index >= 15 is 0 Å². The lowest BCUT2D eigenvalue weighted by Crippen LogP contribution is -2.28. The Labute approximate surface area is 173 Å². The van der Waals surface area contributed by atoms with Gasteiger partial charge in [0.15, 0.2) is 5.69 Å². The lowest BCUT2D eigenvalue weighted by molar-refractivity contribution is -0.119. The number of aromatic nitrogens is 2. The van der Waals surface area contributed by atoms with Crippen molar-refractivity contribution in [2.45, 2.75) is 19.4 Å². The maximum Gasteiger partial charge on any atom is 0.277 e. The summed E-state index contributed by atoms with van der Waals surface area (Å²) >= 11 is 0. The lowest BCUT2D eigenvalue weighted by atomic mass is 10.1. The summed E-state index contributed by atoms with van der Waals surface area (Å²) in [6.45, 7) is 1.43. The van der Waals surface area contributed by atoms with Crippen LogP contribution in [0.5, 0.6) is 0 Å². The van der Waals surface area contributed by atoms with Crippen LogP contribution < -0.4 is 10.6 Å². The van der Waals surface area contributed by atoms with Gasteiger partial charge in [-0.2, -0.15) is 0 Å². The van der Waals surface area contributed by atoms with Gasteiger partial charge in [0.25, 0.3) is 5.91 Å². The number of carbonyl (C=O) groups is 2. The molecule has 0 bridgehead atoms. The second-order valence-corrected chi connectivity index (χ2v) is 6.84. The average molecular weight is 400 g/mol. The number of oxazole rings is 1. The fraction of sp³-hybridized carbons (Fsp3) is 0.130. The van der Waals surface area contributed by atoms with Crippen molar-refractivity contribution in [1.29, 1.82) is 0 Å². The molecule has 150 valence electrons. The summed E-state index contributed by atoms with van der Waals surface area (Å²) in [5, 5.41) is 6.52. The molecule has 4 aromatic rings. The number of benzene rings is 2. The number of carbonyl (C=O) groups excluding carboxylic acids is 2. The first-order valence-electron chi connectivity index (χ1n) is 9.51. The van der Waals surface area contributed by atoms with E-state index in [1.54, 1.807) is 12.3 Å². The minimum Gasteiger partial charge on any atom is -0.446 e. The molecule has 7 nitrogen and oxygen atoms in total. The van der Waals surface area contributed by atoms with Gasteiger partial charge in [-0.1, -0.05) is 36.4 Å². The molecule has 0 aliphatic heterocycles. The summed E-state index contributed by atoms with van der Waals surface area (Å²) in [5.74, 6) is -0.329. The van der Waals surface area contributed by atoms with Gasteiger partial charge in [-0.25, -0.2) is 4.98 Å². The van der Waals surface area contributed by atoms with Gasteiger partial charge in [0.1, 0.15) is 12.3 Å². The van der Waals surface area contributed by atoms with Crippen LogP contribution in [-0.4, -0.2) is 21.8 Å². The minimum atomic E-state index is -0.479. The molecule has 2 N–H and O–H groups in total. The second kappa shape index (κ2) is 8.57. The largest absolute Gasteiger partial charge is 0.446 e. The quantitative estimate of drug-likeness (QED) is 0.512. The number of pyridine rings is 1. The Hall–Kier alpha value is -4.00. The van der Waals surface area contributed by atoms with Crippen molar-refractivity contribution in [3.8, 4) is 0 Å². The molecule has 2 heterocycles. The molecule has 0 saturated carbocycles. The van der Waals surface area contributed by atoms with Crippen LogP contribution in [0.25, 0.3) is 10.9 Å². The van der Waals surface area contributed by atoms with E-state index in [9.17, 15) is 9.59 Å². The molecule has 0 radical (unpaired) electrons. The first-order chi connectivity index (χ1) is 14.6. The highest BCUT2D eigenvalue weighted by Crippen LogP contribution is 2.23. The number of fused-ring (bicyclic) bond motifs is 1. The normalized spacial score (nSPS) is 11.8. The van der Waals surface area contributed by atoms with Crippen molar-refractivity contribution in [2.24, 2.45) is 0 Å². The van der Waals surface area contributed by atoms with Crippen molar-refractivity contribution in [1.82, 2.24) is 15.3 Å². The maximum atomic E-state index is 12.7. The van der Waals surface area contributed by atoms with Crippen LogP contribution in [0.15, 0.2) is 77.5 Å². The van der Waals surface area contributed by atoms with E-state index in [0.29, 0.717) is 12.1 Å². The first-order valence-corrected chi connectivity index (χ1v) is 9.51. The monoisotopic (exact) mass is 400 g/mol. The number of nitrogens with zero attached hydrogens (tertiary/aromatic N) is 2. The predicted octanol–water partition coefficient (Wildman–Crippen LogP) is 3.90. The number of hydrogen-bond acceptors (Lipinski definition) is 5. The Balaban J connectivity index is 1.55. The van der Waals surface area contributed by atoms with E-state index in [2.05, 4.69) is 20.6 Å². The van der Waals surface area contributed by atoms with Crippen LogP contribution in [0, 0.1) is 0 Å². The van der Waals surface area contributed by atoms with Gasteiger partial charge in [0.2, 0.25) is 11.8 Å². The van der Waals surface area contributed by atoms with Crippen molar-refractivity contribution < 1.29 is 14.0 Å². The zero-order valence-electron chi connectivity index (χ0n) is 16.3. The van der Waals surface area contributed by atoms with E-state index in [-0.39, 0.29) is 17.5 Å². The van der Waals surface area contributed by atoms with Crippen LogP contribution in [0.1, 0.15) is 34.9 Å². The molecule has 7 heteroatoms. The summed E-state index contributed by atoms with van der Waals surface area (Å²) in [5.41, 5.74) is 2.57. The molecule has 0 fully saturated rings. The highest BCUT2D eigenvalue weighted by atomic mass is 16.3. The highest BCUT2D eigenvalue weighted by molar-refractivity contribution is 6.07. The van der Waals surface area contributed by atoms with Crippen LogP contribution in [0.4, 0.5) is 5.69 Å². The number of nitrogens with one attached hydrogen (secondary N) is 2. The molecule has 0 aliphatic rings. The van der Waals surface area contributed by atoms with Gasteiger partial charge in [-0.15, -0.1) is 0 Å². The Bertz CT molecular complexity index is 1180. The van der Waals surface area contributed by atoms with Crippen LogP contribution >= 0.6 is 0 Å². The number of hydrogen-bond donors (Lipinski definition) is 2. The third-order valence-corrected chi connectivity index (χ3v) is 4.61. The van der Waals surface area contributed by atoms with Gasteiger partial charge in [0, 0.05) is 24.9 Å². The molecule has 2 aromatic heterocycles. The molecule has 0 unspecified atom stereocenters. The fourth-order valence-corrected chi connectivity index (χ4v) is 3.25. The Morgan fingerprint density at radius 1 is 1.03 bits per heavy atom. The molecule has 0 spiro atoms. The third kappa shape index (κ3) is 4.35. The molecule has 4 rings (SSSR count). The molecule has 0 aliphatic carbocycles. The average Bonchev–Trinajstić information content (AvgIpc) is 3.24. The molecule has 1 atom stereocenters. The predicted molar refractivity (Wildman–Crippen MR) is 113 cm³/mol. The van der Waals surface area contributed by atoms with Gasteiger partial charge < -0.3 is 15.1 Å². The SMILES string of the molecule is CC(=O)N[C@H](Cc1ccccc1)c1nc(C(=O)Nc2cccc3ncccc23)co1. The van der Waals surface area contributed by atoms with Gasteiger partial charge in [0.05, 0.1) is 11.2 Å². The smallest absolute Gasteiger partial charge is 0.277 e. The zero-order valence-corrected chi connectivity index (χ0v) is 16.3. The molecule has 2 aromatic carbocycles. The van der Waals surface area contributed by atoms with E-state index in [0.717, 1.165) is 16.5 Å². The number of anilines is 1. The summed E-state index contributed by atoms with van der Waals surface area (Å²) in [6.07, 6.45) is 3.50. The Morgan fingerprint density at radius 3 is 2.67 bits per heavy atom. The number of rotatable bonds is 6. The minimum absolute atomic E-state index is 0.134. The third-order valence-electron chi connectivity index (χ3n) is 4.61. The van der Waals surface area contributed by atoms with Crippen LogP contribution in [0.2, 0.25) is 0 Å². The second-order valence-electron chi connectivity index (χ2n) is 6.84. The van der Waals surface area contributed by atoms with E-state index < -0.39 is 11.9 Å². The fourth-order valence-electron chi connectivity index (χ4n) is 3.25.